The number of carboxylic acid groups (broad SMARTS) is 1. The Labute approximate surface area is 152 Å². The van der Waals surface area contributed by atoms with Gasteiger partial charge in [-0.1, -0.05) is 17.3 Å². The summed E-state index contributed by atoms with van der Waals surface area (Å²) >= 11 is 0. The number of carbonyl (C=O) groups excluding carboxylic acids is 1. The molecule has 3 N–H and O–H groups in total. The molecule has 1 amide bonds. The quantitative estimate of drug-likeness (QED) is 0.613. The number of nitrogens with zero attached hydrogens (tertiary/aromatic N) is 2. The number of aromatic hydroxyl groups is 1. The lowest BCUT2D eigenvalue weighted by Gasteiger charge is -2.14. The Bertz CT molecular complexity index is 1090. The van der Waals surface area contributed by atoms with Gasteiger partial charge in [-0.2, -0.15) is 0 Å². The van der Waals surface area contributed by atoms with Crippen LogP contribution in [0.25, 0.3) is 10.9 Å². The van der Waals surface area contributed by atoms with Crippen LogP contribution in [0.1, 0.15) is 27.4 Å². The summed E-state index contributed by atoms with van der Waals surface area (Å²) in [4.78, 5) is 36.0. The average molecular weight is 371 g/mol. The molecule has 2 aromatic heterocycles. The Morgan fingerprint density at radius 1 is 1.26 bits per heavy atom. The molecule has 9 nitrogen and oxygen atoms in total. The number of carbonyl (C=O) groups is 2. The maximum atomic E-state index is 13.0. The lowest BCUT2D eigenvalue weighted by atomic mass is 10.1. The van der Waals surface area contributed by atoms with Crippen molar-refractivity contribution in [2.45, 2.75) is 20.4 Å². The molecular formula is C18H17N3O6. The van der Waals surface area contributed by atoms with Crippen molar-refractivity contribution < 1.29 is 24.3 Å². The smallest absolute Gasteiger partial charge is 0.322 e. The normalized spacial score (nSPS) is 10.9. The van der Waals surface area contributed by atoms with Crippen molar-refractivity contribution in [2.75, 3.05) is 6.54 Å². The van der Waals surface area contributed by atoms with Crippen LogP contribution in [0.4, 0.5) is 0 Å². The molecule has 0 saturated carbocycles. The van der Waals surface area contributed by atoms with E-state index in [1.165, 1.54) is 4.57 Å². The van der Waals surface area contributed by atoms with E-state index in [0.717, 1.165) is 0 Å². The standard InChI is InChI=1S/C18H17N3O6/c1-9-12(10(2)27-20-9)8-21-13-6-4-3-5-11(13)16(24)15(18(21)26)17(25)19-7-14(22)23/h3-6,24H,7-8H2,1-2H3,(H,19,25)(H,22,23). The number of carboxylic acids is 1. The number of hydrogen-bond donors (Lipinski definition) is 3. The van der Waals surface area contributed by atoms with Crippen molar-refractivity contribution in [1.29, 1.82) is 0 Å². The molecule has 140 valence electrons. The van der Waals surface area contributed by atoms with Crippen molar-refractivity contribution in [3.63, 3.8) is 0 Å². The highest BCUT2D eigenvalue weighted by Crippen LogP contribution is 2.27. The summed E-state index contributed by atoms with van der Waals surface area (Å²) in [7, 11) is 0. The zero-order valence-electron chi connectivity index (χ0n) is 14.6. The Balaban J connectivity index is 2.22. The summed E-state index contributed by atoms with van der Waals surface area (Å²) in [6, 6.07) is 6.58. The van der Waals surface area contributed by atoms with E-state index >= 15 is 0 Å². The van der Waals surface area contributed by atoms with Crippen LogP contribution in [-0.4, -0.2) is 38.4 Å². The van der Waals surface area contributed by atoms with Gasteiger partial charge in [-0.05, 0) is 26.0 Å². The second kappa shape index (κ2) is 6.94. The number of amides is 1. The number of hydrogen-bond acceptors (Lipinski definition) is 6. The molecule has 27 heavy (non-hydrogen) atoms. The third-order valence-corrected chi connectivity index (χ3v) is 4.27. The molecule has 3 rings (SSSR count). The van der Waals surface area contributed by atoms with E-state index in [1.54, 1.807) is 38.1 Å². The highest BCUT2D eigenvalue weighted by molar-refractivity contribution is 6.03. The number of aromatic nitrogens is 2. The van der Waals surface area contributed by atoms with E-state index in [-0.39, 0.29) is 6.54 Å². The molecular weight excluding hydrogens is 354 g/mol. The van der Waals surface area contributed by atoms with Gasteiger partial charge in [0, 0.05) is 10.9 Å². The van der Waals surface area contributed by atoms with Gasteiger partial charge in [-0.25, -0.2) is 0 Å². The third-order valence-electron chi connectivity index (χ3n) is 4.27. The lowest BCUT2D eigenvalue weighted by Crippen LogP contribution is -2.36. The van der Waals surface area contributed by atoms with Crippen LogP contribution in [0.5, 0.6) is 5.75 Å². The largest absolute Gasteiger partial charge is 0.506 e. The monoisotopic (exact) mass is 371 g/mol. The van der Waals surface area contributed by atoms with Crippen molar-refractivity contribution in [1.82, 2.24) is 15.0 Å². The molecule has 0 spiro atoms. The predicted molar refractivity (Wildman–Crippen MR) is 94.9 cm³/mol. The SMILES string of the molecule is Cc1noc(C)c1Cn1c(=O)c(C(=O)NCC(=O)O)c(O)c2ccccc21. The van der Waals surface area contributed by atoms with E-state index in [9.17, 15) is 19.5 Å². The van der Waals surface area contributed by atoms with E-state index in [1.807, 2.05) is 0 Å². The molecule has 2 heterocycles. The van der Waals surface area contributed by atoms with E-state index in [2.05, 4.69) is 10.5 Å². The number of nitrogens with one attached hydrogen (secondary N) is 1. The molecule has 0 bridgehead atoms. The van der Waals surface area contributed by atoms with Gasteiger partial charge in [0.1, 0.15) is 23.6 Å². The fourth-order valence-electron chi connectivity index (χ4n) is 2.88. The minimum Gasteiger partial charge on any atom is -0.506 e. The molecule has 1 aromatic carbocycles. The van der Waals surface area contributed by atoms with Crippen LogP contribution >= 0.6 is 0 Å². The minimum absolute atomic E-state index is 0.0833. The molecule has 0 aliphatic carbocycles. The van der Waals surface area contributed by atoms with Gasteiger partial charge in [0.25, 0.3) is 11.5 Å². The fourth-order valence-corrected chi connectivity index (χ4v) is 2.88. The van der Waals surface area contributed by atoms with Crippen LogP contribution in [0.15, 0.2) is 33.6 Å². The number of para-hydroxylation sites is 1. The topological polar surface area (TPSA) is 135 Å². The summed E-state index contributed by atoms with van der Waals surface area (Å²) in [6.45, 7) is 2.86. The molecule has 0 atom stereocenters. The second-order valence-corrected chi connectivity index (χ2v) is 6.01. The van der Waals surface area contributed by atoms with E-state index in [0.29, 0.717) is 27.9 Å². The van der Waals surface area contributed by atoms with Crippen LogP contribution in [0.3, 0.4) is 0 Å². The van der Waals surface area contributed by atoms with E-state index in [4.69, 9.17) is 9.63 Å². The zero-order valence-corrected chi connectivity index (χ0v) is 14.6. The van der Waals surface area contributed by atoms with Gasteiger partial charge in [-0.3, -0.25) is 14.4 Å². The highest BCUT2D eigenvalue weighted by atomic mass is 16.5. The van der Waals surface area contributed by atoms with Crippen LogP contribution in [-0.2, 0) is 11.3 Å². The van der Waals surface area contributed by atoms with Crippen molar-refractivity contribution in [3.05, 3.63) is 57.2 Å². The fraction of sp³-hybridized carbons (Fsp3) is 0.222. The first-order valence-corrected chi connectivity index (χ1v) is 8.07. The summed E-state index contributed by atoms with van der Waals surface area (Å²) in [5, 5.41) is 25.5. The van der Waals surface area contributed by atoms with Gasteiger partial charge in [0.05, 0.1) is 17.8 Å². The van der Waals surface area contributed by atoms with Crippen LogP contribution in [0.2, 0.25) is 0 Å². The number of benzene rings is 1. The first-order valence-electron chi connectivity index (χ1n) is 8.07. The molecule has 3 aromatic rings. The molecule has 0 fully saturated rings. The average Bonchev–Trinajstić information content (AvgIpc) is 2.95. The van der Waals surface area contributed by atoms with Crippen LogP contribution < -0.4 is 10.9 Å². The number of rotatable bonds is 5. The zero-order chi connectivity index (χ0) is 19.7. The third kappa shape index (κ3) is 3.26. The molecule has 0 aliphatic rings. The van der Waals surface area contributed by atoms with Crippen molar-refractivity contribution in [2.24, 2.45) is 0 Å². The first kappa shape index (κ1) is 18.2. The Hall–Kier alpha value is -3.62. The Morgan fingerprint density at radius 2 is 1.96 bits per heavy atom. The van der Waals surface area contributed by atoms with Crippen LogP contribution in [0, 0.1) is 13.8 Å². The lowest BCUT2D eigenvalue weighted by molar-refractivity contribution is -0.135. The molecule has 9 heteroatoms. The second-order valence-electron chi connectivity index (χ2n) is 6.01. The van der Waals surface area contributed by atoms with Gasteiger partial charge >= 0.3 is 5.97 Å². The summed E-state index contributed by atoms with van der Waals surface area (Å²) in [5.74, 6) is -2.18. The summed E-state index contributed by atoms with van der Waals surface area (Å²) in [5.41, 5.74) is 0.462. The predicted octanol–water partition coefficient (Wildman–Crippen LogP) is 1.17. The van der Waals surface area contributed by atoms with Gasteiger partial charge in [0.15, 0.2) is 0 Å². The number of aliphatic carboxylic acids is 1. The Morgan fingerprint density at radius 3 is 2.59 bits per heavy atom. The summed E-state index contributed by atoms with van der Waals surface area (Å²) in [6.07, 6.45) is 0. The minimum atomic E-state index is -1.26. The first-order chi connectivity index (χ1) is 12.8. The maximum absolute atomic E-state index is 13.0. The highest BCUT2D eigenvalue weighted by Gasteiger charge is 2.23. The van der Waals surface area contributed by atoms with Gasteiger partial charge < -0.3 is 24.6 Å². The molecule has 0 radical (unpaired) electrons. The number of fused-ring (bicyclic) bond motifs is 1. The van der Waals surface area contributed by atoms with E-state index < -0.39 is 35.3 Å². The number of aryl methyl sites for hydroxylation is 2. The van der Waals surface area contributed by atoms with Crippen molar-refractivity contribution >= 4 is 22.8 Å². The molecule has 0 aliphatic heterocycles. The van der Waals surface area contributed by atoms with Gasteiger partial charge in [0.2, 0.25) is 0 Å². The summed E-state index contributed by atoms with van der Waals surface area (Å²) < 4.78 is 6.46. The van der Waals surface area contributed by atoms with Gasteiger partial charge in [-0.15, -0.1) is 0 Å². The molecule has 0 saturated heterocycles. The Kier molecular flexibility index (Phi) is 4.68. The number of pyridine rings is 1. The maximum Gasteiger partial charge on any atom is 0.322 e. The molecule has 0 unspecified atom stereocenters. The van der Waals surface area contributed by atoms with Crippen molar-refractivity contribution in [3.8, 4) is 5.75 Å².